The molecule has 2 nitrogen and oxygen atoms in total. The van der Waals surface area contributed by atoms with Crippen molar-refractivity contribution < 1.29 is 0 Å². The van der Waals surface area contributed by atoms with Crippen LogP contribution in [0.25, 0.3) is 0 Å². The fourth-order valence-electron chi connectivity index (χ4n) is 2.62. The fourth-order valence-corrected chi connectivity index (χ4v) is 2.89. The van der Waals surface area contributed by atoms with E-state index in [1.807, 2.05) is 0 Å². The molecule has 0 bridgehead atoms. The molecule has 1 N–H and O–H groups in total. The van der Waals surface area contributed by atoms with Crippen molar-refractivity contribution in [2.75, 3.05) is 26.2 Å². The molecule has 0 amide bonds. The van der Waals surface area contributed by atoms with E-state index in [9.17, 15) is 0 Å². The van der Waals surface area contributed by atoms with E-state index in [0.717, 1.165) is 36.6 Å². The zero-order chi connectivity index (χ0) is 13.0. The van der Waals surface area contributed by atoms with Gasteiger partial charge in [0.2, 0.25) is 0 Å². The summed E-state index contributed by atoms with van der Waals surface area (Å²) in [6.07, 6.45) is 1.24. The lowest BCUT2D eigenvalue weighted by Gasteiger charge is -2.36. The van der Waals surface area contributed by atoms with Crippen LogP contribution in [0, 0.1) is 5.92 Å². The van der Waals surface area contributed by atoms with Gasteiger partial charge in [-0.1, -0.05) is 41.9 Å². The van der Waals surface area contributed by atoms with E-state index in [2.05, 4.69) is 64.3 Å². The molecule has 1 atom stereocenters. The van der Waals surface area contributed by atoms with Crippen LogP contribution in [0.3, 0.4) is 0 Å². The molecule has 0 spiro atoms. The molecule has 0 aliphatic carbocycles. The van der Waals surface area contributed by atoms with E-state index in [-0.39, 0.29) is 0 Å². The molecule has 0 unspecified atom stereocenters. The number of hydrogen-bond acceptors (Lipinski definition) is 2. The molecule has 3 heteroatoms. The Balaban J connectivity index is 2.15. The highest BCUT2D eigenvalue weighted by Gasteiger charge is 2.22. The molecule has 1 aliphatic heterocycles. The van der Waals surface area contributed by atoms with E-state index in [4.69, 9.17) is 0 Å². The summed E-state index contributed by atoms with van der Waals surface area (Å²) in [4.78, 5) is 2.62. The second-order valence-electron chi connectivity index (χ2n) is 5.48. The molecule has 0 saturated carbocycles. The summed E-state index contributed by atoms with van der Waals surface area (Å²) < 4.78 is 1.16. The van der Waals surface area contributed by atoms with E-state index in [0.29, 0.717) is 6.04 Å². The van der Waals surface area contributed by atoms with Crippen LogP contribution in [0.15, 0.2) is 28.7 Å². The molecule has 18 heavy (non-hydrogen) atoms. The number of rotatable bonds is 4. The van der Waals surface area contributed by atoms with Gasteiger partial charge in [-0.25, -0.2) is 0 Å². The summed E-state index contributed by atoms with van der Waals surface area (Å²) in [5, 5.41) is 3.43. The zero-order valence-electron chi connectivity index (χ0n) is 11.3. The van der Waals surface area contributed by atoms with Gasteiger partial charge in [0.1, 0.15) is 0 Å². The first-order valence-corrected chi connectivity index (χ1v) is 7.66. The van der Waals surface area contributed by atoms with Gasteiger partial charge in [0.05, 0.1) is 0 Å². The highest BCUT2D eigenvalue weighted by molar-refractivity contribution is 9.10. The minimum atomic E-state index is 0.570. The number of halogens is 1. The van der Waals surface area contributed by atoms with Gasteiger partial charge in [0.15, 0.2) is 0 Å². The van der Waals surface area contributed by atoms with Crippen LogP contribution in [0.2, 0.25) is 0 Å². The predicted octanol–water partition coefficient (Wildman–Crippen LogP) is 3.44. The molecule has 1 fully saturated rings. The van der Waals surface area contributed by atoms with Gasteiger partial charge in [-0.05, 0) is 30.0 Å². The molecule has 2 rings (SSSR count). The average Bonchev–Trinajstić information content (AvgIpc) is 2.38. The zero-order valence-corrected chi connectivity index (χ0v) is 12.9. The van der Waals surface area contributed by atoms with Crippen molar-refractivity contribution in [1.29, 1.82) is 0 Å². The molecule has 1 aliphatic rings. The van der Waals surface area contributed by atoms with Gasteiger partial charge in [-0.2, -0.15) is 0 Å². The number of piperazine rings is 1. The van der Waals surface area contributed by atoms with Gasteiger partial charge in [-0.15, -0.1) is 0 Å². The topological polar surface area (TPSA) is 15.3 Å². The Bertz CT molecular complexity index is 355. The van der Waals surface area contributed by atoms with E-state index in [1.54, 1.807) is 0 Å². The van der Waals surface area contributed by atoms with Crippen LogP contribution in [-0.4, -0.2) is 31.1 Å². The lowest BCUT2D eigenvalue weighted by molar-refractivity contribution is 0.154. The van der Waals surface area contributed by atoms with E-state index in [1.165, 1.54) is 12.0 Å². The Labute approximate surface area is 119 Å². The normalized spacial score (nSPS) is 19.1. The van der Waals surface area contributed by atoms with Crippen molar-refractivity contribution in [3.05, 3.63) is 34.3 Å². The summed E-state index contributed by atoms with van der Waals surface area (Å²) in [5.41, 5.74) is 1.45. The monoisotopic (exact) mass is 310 g/mol. The van der Waals surface area contributed by atoms with Gasteiger partial charge in [0, 0.05) is 36.7 Å². The van der Waals surface area contributed by atoms with E-state index < -0.39 is 0 Å². The Hall–Kier alpha value is -0.380. The Morgan fingerprint density at radius 1 is 1.17 bits per heavy atom. The third-order valence-electron chi connectivity index (χ3n) is 3.54. The maximum absolute atomic E-state index is 3.52. The van der Waals surface area contributed by atoms with Crippen molar-refractivity contribution in [3.63, 3.8) is 0 Å². The van der Waals surface area contributed by atoms with E-state index >= 15 is 0 Å². The molecule has 1 aromatic rings. The van der Waals surface area contributed by atoms with Crippen molar-refractivity contribution in [2.24, 2.45) is 5.92 Å². The summed E-state index contributed by atoms with van der Waals surface area (Å²) >= 11 is 3.52. The first-order chi connectivity index (χ1) is 8.66. The van der Waals surface area contributed by atoms with Crippen molar-refractivity contribution >= 4 is 15.9 Å². The van der Waals surface area contributed by atoms with Crippen molar-refractivity contribution in [1.82, 2.24) is 10.2 Å². The summed E-state index contributed by atoms with van der Waals surface area (Å²) in [6.45, 7) is 9.18. The minimum Gasteiger partial charge on any atom is -0.314 e. The first kappa shape index (κ1) is 14.0. The SMILES string of the molecule is CC(C)C[C@@H](c1ccc(Br)cc1)N1CCNCC1. The number of benzene rings is 1. The first-order valence-electron chi connectivity index (χ1n) is 6.87. The Morgan fingerprint density at radius 3 is 2.33 bits per heavy atom. The lowest BCUT2D eigenvalue weighted by Crippen LogP contribution is -2.45. The quantitative estimate of drug-likeness (QED) is 0.916. The molecule has 1 heterocycles. The largest absolute Gasteiger partial charge is 0.314 e. The van der Waals surface area contributed by atoms with Gasteiger partial charge < -0.3 is 5.32 Å². The molecular weight excluding hydrogens is 288 g/mol. The Kier molecular flexibility index (Phi) is 5.22. The fraction of sp³-hybridized carbons (Fsp3) is 0.600. The second kappa shape index (κ2) is 6.69. The summed E-state index contributed by atoms with van der Waals surface area (Å²) in [6, 6.07) is 9.41. The second-order valence-corrected chi connectivity index (χ2v) is 6.40. The average molecular weight is 311 g/mol. The molecule has 0 aromatic heterocycles. The van der Waals surface area contributed by atoms with Crippen molar-refractivity contribution in [3.8, 4) is 0 Å². The third kappa shape index (κ3) is 3.81. The molecular formula is C15H23BrN2. The van der Waals surface area contributed by atoms with Gasteiger partial charge in [0.25, 0.3) is 0 Å². The maximum Gasteiger partial charge on any atom is 0.0351 e. The molecule has 1 saturated heterocycles. The van der Waals surface area contributed by atoms with Crippen LogP contribution in [0.5, 0.6) is 0 Å². The molecule has 100 valence electrons. The number of nitrogens with one attached hydrogen (secondary N) is 1. The lowest BCUT2D eigenvalue weighted by atomic mass is 9.95. The summed E-state index contributed by atoms with van der Waals surface area (Å²) in [5.74, 6) is 0.730. The van der Waals surface area contributed by atoms with Crippen LogP contribution in [-0.2, 0) is 0 Å². The highest BCUT2D eigenvalue weighted by atomic mass is 79.9. The van der Waals surface area contributed by atoms with Crippen LogP contribution in [0.4, 0.5) is 0 Å². The van der Waals surface area contributed by atoms with Crippen LogP contribution < -0.4 is 5.32 Å². The third-order valence-corrected chi connectivity index (χ3v) is 4.07. The standard InChI is InChI=1S/C15H23BrN2/c1-12(2)11-15(18-9-7-17-8-10-18)13-3-5-14(16)6-4-13/h3-6,12,15,17H,7-11H2,1-2H3/t15-/m0/s1. The molecule has 0 radical (unpaired) electrons. The number of hydrogen-bond donors (Lipinski definition) is 1. The predicted molar refractivity (Wildman–Crippen MR) is 80.8 cm³/mol. The molecule has 1 aromatic carbocycles. The van der Waals surface area contributed by atoms with Crippen LogP contribution >= 0.6 is 15.9 Å². The van der Waals surface area contributed by atoms with Crippen molar-refractivity contribution in [2.45, 2.75) is 26.3 Å². The Morgan fingerprint density at radius 2 is 1.78 bits per heavy atom. The maximum atomic E-state index is 3.52. The van der Waals surface area contributed by atoms with Gasteiger partial charge >= 0.3 is 0 Å². The minimum absolute atomic E-state index is 0.570. The number of nitrogens with zero attached hydrogens (tertiary/aromatic N) is 1. The van der Waals surface area contributed by atoms with Crippen LogP contribution in [0.1, 0.15) is 31.9 Å². The van der Waals surface area contributed by atoms with Gasteiger partial charge in [-0.3, -0.25) is 4.90 Å². The highest BCUT2D eigenvalue weighted by Crippen LogP contribution is 2.28. The smallest absolute Gasteiger partial charge is 0.0351 e. The summed E-state index contributed by atoms with van der Waals surface area (Å²) in [7, 11) is 0.